The van der Waals surface area contributed by atoms with E-state index in [-0.39, 0.29) is 27.7 Å². The number of carbonyl (C=O) groups is 1. The lowest BCUT2D eigenvalue weighted by atomic mass is 10.2. The number of nitrogens with zero attached hydrogens (tertiary/aromatic N) is 2. The number of benzene rings is 2. The molecular formula is C20H23N3O6S. The van der Waals surface area contributed by atoms with Gasteiger partial charge in [-0.1, -0.05) is 6.07 Å². The second-order valence-corrected chi connectivity index (χ2v) is 8.55. The van der Waals surface area contributed by atoms with Crippen molar-refractivity contribution in [3.05, 3.63) is 47.5 Å². The number of hydrogen-bond acceptors (Lipinski definition) is 7. The van der Waals surface area contributed by atoms with Crippen LogP contribution in [0.4, 0.5) is 0 Å². The smallest absolute Gasteiger partial charge is 0.271 e. The van der Waals surface area contributed by atoms with Crippen LogP contribution in [0.5, 0.6) is 17.2 Å². The Morgan fingerprint density at radius 1 is 1.13 bits per heavy atom. The van der Waals surface area contributed by atoms with Crippen molar-refractivity contribution in [2.45, 2.75) is 17.7 Å². The first-order valence-corrected chi connectivity index (χ1v) is 10.7. The Hall–Kier alpha value is -3.11. The van der Waals surface area contributed by atoms with Gasteiger partial charge in [-0.2, -0.15) is 9.41 Å². The van der Waals surface area contributed by atoms with Gasteiger partial charge in [-0.3, -0.25) is 4.79 Å². The van der Waals surface area contributed by atoms with Crippen LogP contribution in [0.25, 0.3) is 0 Å². The predicted molar refractivity (Wildman–Crippen MR) is 111 cm³/mol. The average Bonchev–Trinajstić information content (AvgIpc) is 3.30. The number of phenolic OH excluding ortho intramolecular Hbond substituents is 1. The van der Waals surface area contributed by atoms with Crippen LogP contribution < -0.4 is 14.9 Å². The zero-order chi connectivity index (χ0) is 21.7. The Morgan fingerprint density at radius 2 is 1.77 bits per heavy atom. The van der Waals surface area contributed by atoms with Gasteiger partial charge < -0.3 is 14.6 Å². The molecule has 10 heteroatoms. The van der Waals surface area contributed by atoms with Crippen molar-refractivity contribution in [2.24, 2.45) is 5.10 Å². The van der Waals surface area contributed by atoms with Gasteiger partial charge in [-0.25, -0.2) is 13.8 Å². The third-order valence-corrected chi connectivity index (χ3v) is 6.58. The maximum atomic E-state index is 12.7. The first-order valence-electron chi connectivity index (χ1n) is 9.25. The molecule has 3 rings (SSSR count). The van der Waals surface area contributed by atoms with E-state index in [9.17, 15) is 18.3 Å². The van der Waals surface area contributed by atoms with Gasteiger partial charge in [0, 0.05) is 24.2 Å². The summed E-state index contributed by atoms with van der Waals surface area (Å²) in [6.45, 7) is 0.977. The van der Waals surface area contributed by atoms with Gasteiger partial charge in [-0.05, 0) is 43.2 Å². The maximum absolute atomic E-state index is 12.7. The van der Waals surface area contributed by atoms with E-state index in [1.165, 1.54) is 61.1 Å². The summed E-state index contributed by atoms with van der Waals surface area (Å²) in [5, 5.41) is 13.8. The van der Waals surface area contributed by atoms with Crippen molar-refractivity contribution in [1.82, 2.24) is 9.73 Å². The molecule has 9 nitrogen and oxygen atoms in total. The van der Waals surface area contributed by atoms with Crippen molar-refractivity contribution in [2.75, 3.05) is 27.3 Å². The van der Waals surface area contributed by atoms with Crippen molar-refractivity contribution >= 4 is 22.1 Å². The molecule has 30 heavy (non-hydrogen) atoms. The van der Waals surface area contributed by atoms with Gasteiger partial charge in [-0.15, -0.1) is 0 Å². The lowest BCUT2D eigenvalue weighted by Crippen LogP contribution is -2.28. The lowest BCUT2D eigenvalue weighted by molar-refractivity contribution is 0.0955. The summed E-state index contributed by atoms with van der Waals surface area (Å²) in [5.41, 5.74) is 3.06. The molecule has 0 unspecified atom stereocenters. The normalized spacial score (nSPS) is 14.7. The average molecular weight is 433 g/mol. The molecular weight excluding hydrogens is 410 g/mol. The van der Waals surface area contributed by atoms with E-state index in [0.717, 1.165) is 12.8 Å². The molecule has 1 heterocycles. The molecule has 0 aromatic heterocycles. The molecule has 1 fully saturated rings. The van der Waals surface area contributed by atoms with Gasteiger partial charge >= 0.3 is 0 Å². The van der Waals surface area contributed by atoms with Crippen molar-refractivity contribution < 1.29 is 27.8 Å². The number of carbonyl (C=O) groups excluding carboxylic acids is 1. The molecule has 0 saturated carbocycles. The quantitative estimate of drug-likeness (QED) is 0.509. The monoisotopic (exact) mass is 433 g/mol. The van der Waals surface area contributed by atoms with Crippen LogP contribution in [-0.4, -0.2) is 57.3 Å². The number of rotatable bonds is 7. The number of ether oxygens (including phenoxy) is 2. The highest BCUT2D eigenvalue weighted by Gasteiger charge is 2.27. The molecule has 1 aliphatic heterocycles. The molecule has 2 N–H and O–H groups in total. The van der Waals surface area contributed by atoms with E-state index in [1.807, 2.05) is 0 Å². The number of nitrogens with one attached hydrogen (secondary N) is 1. The van der Waals surface area contributed by atoms with Crippen LogP contribution in [0.15, 0.2) is 46.4 Å². The summed E-state index contributed by atoms with van der Waals surface area (Å²) >= 11 is 0. The van der Waals surface area contributed by atoms with E-state index in [4.69, 9.17) is 9.47 Å². The first-order chi connectivity index (χ1) is 14.4. The van der Waals surface area contributed by atoms with Crippen molar-refractivity contribution in [3.8, 4) is 17.2 Å². The summed E-state index contributed by atoms with van der Waals surface area (Å²) in [6, 6.07) is 8.90. The molecule has 2 aromatic rings. The highest BCUT2D eigenvalue weighted by atomic mass is 32.2. The SMILES string of the molecule is COc1cc(/C=N/NC(=O)c2cccc(S(=O)(=O)N3CCCC3)c2)cc(OC)c1O. The topological polar surface area (TPSA) is 118 Å². The van der Waals surface area contributed by atoms with E-state index in [0.29, 0.717) is 18.7 Å². The van der Waals surface area contributed by atoms with Crippen LogP contribution in [0.2, 0.25) is 0 Å². The second-order valence-electron chi connectivity index (χ2n) is 6.61. The number of methoxy groups -OCH3 is 2. The zero-order valence-corrected chi connectivity index (χ0v) is 17.5. The Balaban J connectivity index is 1.74. The number of sulfonamides is 1. The Bertz CT molecular complexity index is 1040. The standard InChI is InChI=1S/C20H23N3O6S/c1-28-17-10-14(11-18(29-2)19(17)24)13-21-22-20(25)15-6-5-7-16(12-15)30(26,27)23-8-3-4-9-23/h5-7,10-13,24H,3-4,8-9H2,1-2H3,(H,22,25)/b21-13+. The van der Waals surface area contributed by atoms with Crippen LogP contribution in [0.3, 0.4) is 0 Å². The highest BCUT2D eigenvalue weighted by molar-refractivity contribution is 7.89. The minimum Gasteiger partial charge on any atom is -0.502 e. The largest absolute Gasteiger partial charge is 0.502 e. The molecule has 160 valence electrons. The fourth-order valence-electron chi connectivity index (χ4n) is 3.09. The molecule has 1 aliphatic rings. The van der Waals surface area contributed by atoms with Crippen LogP contribution in [0, 0.1) is 0 Å². The number of aromatic hydroxyl groups is 1. The molecule has 2 aromatic carbocycles. The van der Waals surface area contributed by atoms with Gasteiger partial charge in [0.15, 0.2) is 11.5 Å². The first kappa shape index (κ1) is 21.6. The Kier molecular flexibility index (Phi) is 6.58. The highest BCUT2D eigenvalue weighted by Crippen LogP contribution is 2.36. The summed E-state index contributed by atoms with van der Waals surface area (Å²) in [4.78, 5) is 12.5. The van der Waals surface area contributed by atoms with Crippen LogP contribution in [-0.2, 0) is 10.0 Å². The molecule has 0 bridgehead atoms. The molecule has 0 spiro atoms. The zero-order valence-electron chi connectivity index (χ0n) is 16.7. The molecule has 0 aliphatic carbocycles. The molecule has 0 radical (unpaired) electrons. The molecule has 1 saturated heterocycles. The summed E-state index contributed by atoms with van der Waals surface area (Å²) in [7, 11) is -0.808. The summed E-state index contributed by atoms with van der Waals surface area (Å²) < 4.78 is 36.9. The molecule has 1 amide bonds. The van der Waals surface area contributed by atoms with E-state index in [1.54, 1.807) is 0 Å². The van der Waals surface area contributed by atoms with E-state index < -0.39 is 15.9 Å². The number of hydrazone groups is 1. The van der Waals surface area contributed by atoms with Crippen molar-refractivity contribution in [3.63, 3.8) is 0 Å². The predicted octanol–water partition coefficient (Wildman–Crippen LogP) is 1.96. The van der Waals surface area contributed by atoms with Gasteiger partial charge in [0.25, 0.3) is 5.91 Å². The number of amides is 1. The fourth-order valence-corrected chi connectivity index (χ4v) is 4.66. The van der Waals surface area contributed by atoms with E-state index in [2.05, 4.69) is 10.5 Å². The van der Waals surface area contributed by atoms with Gasteiger partial charge in [0.2, 0.25) is 15.8 Å². The minimum absolute atomic E-state index is 0.0778. The third kappa shape index (κ3) is 4.55. The van der Waals surface area contributed by atoms with Crippen LogP contribution in [0.1, 0.15) is 28.8 Å². The van der Waals surface area contributed by atoms with E-state index >= 15 is 0 Å². The third-order valence-electron chi connectivity index (χ3n) is 4.68. The summed E-state index contributed by atoms with van der Waals surface area (Å²) in [6.07, 6.45) is 3.02. The number of phenols is 1. The van der Waals surface area contributed by atoms with Gasteiger partial charge in [0.1, 0.15) is 0 Å². The van der Waals surface area contributed by atoms with Crippen molar-refractivity contribution in [1.29, 1.82) is 0 Å². The lowest BCUT2D eigenvalue weighted by Gasteiger charge is -2.15. The second kappa shape index (κ2) is 9.14. The maximum Gasteiger partial charge on any atom is 0.271 e. The Labute approximate surface area is 175 Å². The Morgan fingerprint density at radius 3 is 2.37 bits per heavy atom. The summed E-state index contributed by atoms with van der Waals surface area (Å²) in [5.74, 6) is -0.302. The number of hydrogen-bond donors (Lipinski definition) is 2. The minimum atomic E-state index is -3.61. The van der Waals surface area contributed by atoms with Gasteiger partial charge in [0.05, 0.1) is 25.3 Å². The molecule has 0 atom stereocenters. The fraction of sp³-hybridized carbons (Fsp3) is 0.300. The van der Waals surface area contributed by atoms with Crippen LogP contribution >= 0.6 is 0 Å².